The molecular formula is C13H13BrN4O2. The number of nitrogens with one attached hydrogen (secondary N) is 1. The van der Waals surface area contributed by atoms with Crippen molar-refractivity contribution in [2.24, 2.45) is 15.3 Å². The number of ether oxygens (including phenoxy) is 1. The first kappa shape index (κ1) is 14.4. The van der Waals surface area contributed by atoms with E-state index < -0.39 is 4.83 Å². The van der Waals surface area contributed by atoms with Crippen LogP contribution in [0, 0.1) is 0 Å². The van der Waals surface area contributed by atoms with E-state index in [1.165, 1.54) is 6.21 Å². The fourth-order valence-corrected chi connectivity index (χ4v) is 1.84. The molecule has 0 aliphatic carbocycles. The van der Waals surface area contributed by atoms with E-state index in [9.17, 15) is 4.79 Å². The molecule has 2 rings (SSSR count). The highest BCUT2D eigenvalue weighted by atomic mass is 79.9. The van der Waals surface area contributed by atoms with E-state index in [1.54, 1.807) is 6.21 Å². The Kier molecular flexibility index (Phi) is 5.00. The van der Waals surface area contributed by atoms with Crippen LogP contribution in [0.15, 0.2) is 39.6 Å². The minimum atomic E-state index is -0.542. The molecule has 1 heterocycles. The van der Waals surface area contributed by atoms with Crippen LogP contribution in [0.4, 0.5) is 0 Å². The van der Waals surface area contributed by atoms with Gasteiger partial charge in [0.05, 0.1) is 19.0 Å². The number of carbonyl (C=O) groups excluding carboxylic acids is 1. The highest BCUT2D eigenvalue weighted by Crippen LogP contribution is 2.15. The van der Waals surface area contributed by atoms with Gasteiger partial charge in [-0.1, -0.05) is 28.1 Å². The number of nitrogens with zero attached hydrogens (tertiary/aromatic N) is 3. The number of hydrogen-bond acceptors (Lipinski definition) is 5. The Labute approximate surface area is 124 Å². The topological polar surface area (TPSA) is 75.4 Å². The Morgan fingerprint density at radius 3 is 3.10 bits per heavy atom. The van der Waals surface area contributed by atoms with Crippen LogP contribution < -0.4 is 10.2 Å². The van der Waals surface area contributed by atoms with Crippen LogP contribution in [-0.4, -0.2) is 35.5 Å². The molecule has 1 amide bonds. The van der Waals surface area contributed by atoms with Gasteiger partial charge in [-0.15, -0.1) is 0 Å². The van der Waals surface area contributed by atoms with E-state index in [4.69, 9.17) is 4.74 Å². The summed E-state index contributed by atoms with van der Waals surface area (Å²) < 4.78 is 5.48. The van der Waals surface area contributed by atoms with Crippen molar-refractivity contribution in [3.63, 3.8) is 0 Å². The highest BCUT2D eigenvalue weighted by molar-refractivity contribution is 9.10. The van der Waals surface area contributed by atoms with Crippen LogP contribution in [0.2, 0.25) is 0 Å². The molecule has 1 aliphatic heterocycles. The quantitative estimate of drug-likeness (QED) is 0.516. The lowest BCUT2D eigenvalue weighted by molar-refractivity contribution is -0.119. The molecule has 1 aromatic carbocycles. The van der Waals surface area contributed by atoms with Gasteiger partial charge in [0.1, 0.15) is 16.3 Å². The number of alkyl halides is 1. The van der Waals surface area contributed by atoms with Crippen LogP contribution in [0.1, 0.15) is 12.5 Å². The highest BCUT2D eigenvalue weighted by Gasteiger charge is 2.23. The van der Waals surface area contributed by atoms with Gasteiger partial charge in [-0.05, 0) is 19.1 Å². The predicted octanol–water partition coefficient (Wildman–Crippen LogP) is 1.74. The van der Waals surface area contributed by atoms with Crippen molar-refractivity contribution in [2.45, 2.75) is 11.8 Å². The zero-order valence-corrected chi connectivity index (χ0v) is 12.4. The van der Waals surface area contributed by atoms with Gasteiger partial charge >= 0.3 is 0 Å². The zero-order valence-electron chi connectivity index (χ0n) is 10.8. The summed E-state index contributed by atoms with van der Waals surface area (Å²) >= 11 is 3.21. The molecule has 6 nitrogen and oxygen atoms in total. The Morgan fingerprint density at radius 2 is 2.30 bits per heavy atom. The third-order valence-corrected chi connectivity index (χ3v) is 3.34. The summed E-state index contributed by atoms with van der Waals surface area (Å²) in [5.74, 6) is 0.473. The van der Waals surface area contributed by atoms with Crippen molar-refractivity contribution in [1.82, 2.24) is 5.43 Å². The van der Waals surface area contributed by atoms with E-state index in [1.807, 2.05) is 31.2 Å². The van der Waals surface area contributed by atoms with Crippen LogP contribution in [-0.2, 0) is 4.79 Å². The molecule has 20 heavy (non-hydrogen) atoms. The number of amides is 1. The molecule has 0 radical (unpaired) electrons. The SMILES string of the molecule is CCOc1ccccc1/C=N\N=C1\C=NNC(=O)C1Br. The number of rotatable bonds is 4. The molecule has 1 N–H and O–H groups in total. The molecule has 1 unspecified atom stereocenters. The molecule has 1 atom stereocenters. The van der Waals surface area contributed by atoms with Gasteiger partial charge in [0, 0.05) is 5.56 Å². The van der Waals surface area contributed by atoms with Gasteiger partial charge in [-0.25, -0.2) is 5.43 Å². The fraction of sp³-hybridized carbons (Fsp3) is 0.231. The summed E-state index contributed by atoms with van der Waals surface area (Å²) in [4.78, 5) is 10.8. The molecule has 7 heteroatoms. The van der Waals surface area contributed by atoms with Gasteiger partial charge in [-0.2, -0.15) is 15.3 Å². The van der Waals surface area contributed by atoms with Gasteiger partial charge in [0.2, 0.25) is 0 Å². The predicted molar refractivity (Wildman–Crippen MR) is 82.0 cm³/mol. The number of halogens is 1. The van der Waals surface area contributed by atoms with Gasteiger partial charge in [0.25, 0.3) is 5.91 Å². The maximum Gasteiger partial charge on any atom is 0.260 e. The van der Waals surface area contributed by atoms with E-state index in [-0.39, 0.29) is 5.91 Å². The van der Waals surface area contributed by atoms with Gasteiger partial charge in [-0.3, -0.25) is 4.79 Å². The normalized spacial score (nSPS) is 20.4. The van der Waals surface area contributed by atoms with Crippen molar-refractivity contribution in [1.29, 1.82) is 0 Å². The van der Waals surface area contributed by atoms with Crippen LogP contribution in [0.5, 0.6) is 5.75 Å². The Balaban J connectivity index is 2.16. The van der Waals surface area contributed by atoms with Crippen molar-refractivity contribution >= 4 is 40.0 Å². The van der Waals surface area contributed by atoms with Crippen molar-refractivity contribution in [3.8, 4) is 5.75 Å². The molecule has 0 saturated heterocycles. The van der Waals surface area contributed by atoms with E-state index >= 15 is 0 Å². The fourth-order valence-electron chi connectivity index (χ4n) is 1.53. The summed E-state index contributed by atoms with van der Waals surface area (Å²) in [6.45, 7) is 2.50. The number of carbonyl (C=O) groups is 1. The third kappa shape index (κ3) is 3.51. The van der Waals surface area contributed by atoms with Crippen LogP contribution in [0.25, 0.3) is 0 Å². The average Bonchev–Trinajstić information content (AvgIpc) is 2.45. The first-order valence-electron chi connectivity index (χ1n) is 6.02. The molecule has 0 saturated carbocycles. The lowest BCUT2D eigenvalue weighted by Crippen LogP contribution is -2.38. The molecular weight excluding hydrogens is 324 g/mol. The van der Waals surface area contributed by atoms with Crippen molar-refractivity contribution in [3.05, 3.63) is 29.8 Å². The van der Waals surface area contributed by atoms with Crippen LogP contribution in [0.3, 0.4) is 0 Å². The first-order chi connectivity index (χ1) is 9.72. The van der Waals surface area contributed by atoms with E-state index in [0.29, 0.717) is 12.3 Å². The zero-order chi connectivity index (χ0) is 14.4. The minimum absolute atomic E-state index is 0.267. The molecule has 1 aromatic rings. The third-order valence-electron chi connectivity index (χ3n) is 2.45. The molecule has 0 bridgehead atoms. The monoisotopic (exact) mass is 336 g/mol. The number of para-hydroxylation sites is 1. The largest absolute Gasteiger partial charge is 0.493 e. The number of hydrogen-bond donors (Lipinski definition) is 1. The lowest BCUT2D eigenvalue weighted by Gasteiger charge is -2.11. The maximum atomic E-state index is 11.4. The Hall–Kier alpha value is -2.02. The Bertz CT molecular complexity index is 583. The molecule has 0 spiro atoms. The summed E-state index contributed by atoms with van der Waals surface area (Å²) in [6.07, 6.45) is 3.03. The number of hydrazone groups is 1. The Morgan fingerprint density at radius 1 is 1.50 bits per heavy atom. The lowest BCUT2D eigenvalue weighted by atomic mass is 10.2. The molecule has 104 valence electrons. The smallest absolute Gasteiger partial charge is 0.260 e. The molecule has 1 aliphatic rings. The van der Waals surface area contributed by atoms with Crippen molar-refractivity contribution in [2.75, 3.05) is 6.61 Å². The summed E-state index contributed by atoms with van der Waals surface area (Å²) in [7, 11) is 0. The molecule has 0 aromatic heterocycles. The average molecular weight is 337 g/mol. The molecule has 0 fully saturated rings. The summed E-state index contributed by atoms with van der Waals surface area (Å²) in [6, 6.07) is 7.52. The van der Waals surface area contributed by atoms with Gasteiger partial charge in [0.15, 0.2) is 0 Å². The van der Waals surface area contributed by atoms with E-state index in [2.05, 4.69) is 36.7 Å². The van der Waals surface area contributed by atoms with Crippen molar-refractivity contribution < 1.29 is 9.53 Å². The standard InChI is InChI=1S/C13H13BrN4O2/c1-2-20-11-6-4-3-5-9(11)7-15-17-10-8-16-18-13(19)12(10)14/h3-8,12H,2H2,1H3,(H,18,19)/b15-7-,17-10-. The van der Waals surface area contributed by atoms with Crippen LogP contribution >= 0.6 is 15.9 Å². The minimum Gasteiger partial charge on any atom is -0.493 e. The maximum absolute atomic E-state index is 11.4. The summed E-state index contributed by atoms with van der Waals surface area (Å²) in [5, 5.41) is 11.6. The second kappa shape index (κ2) is 6.95. The second-order valence-corrected chi connectivity index (χ2v) is 4.75. The second-order valence-electron chi connectivity index (χ2n) is 3.84. The number of benzene rings is 1. The first-order valence-corrected chi connectivity index (χ1v) is 6.93. The summed E-state index contributed by atoms with van der Waals surface area (Å²) in [5.41, 5.74) is 3.59. The van der Waals surface area contributed by atoms with E-state index in [0.717, 1.165) is 11.3 Å². The van der Waals surface area contributed by atoms with Gasteiger partial charge < -0.3 is 4.74 Å².